The number of rotatable bonds is 5. The Labute approximate surface area is 165 Å². The number of carbonyl (C=O) groups is 1. The molecule has 1 aromatic heterocycles. The number of aromatic amines is 1. The van der Waals surface area contributed by atoms with Gasteiger partial charge in [-0.25, -0.2) is 0 Å². The molecule has 28 heavy (non-hydrogen) atoms. The summed E-state index contributed by atoms with van der Waals surface area (Å²) in [5, 5.41) is 9.72. The zero-order valence-corrected chi connectivity index (χ0v) is 16.2. The van der Waals surface area contributed by atoms with Gasteiger partial charge in [-0.15, -0.1) is 0 Å². The predicted octanol–water partition coefficient (Wildman–Crippen LogP) is 3.47. The third-order valence-electron chi connectivity index (χ3n) is 5.36. The lowest BCUT2D eigenvalue weighted by Gasteiger charge is -2.22. The second-order valence-corrected chi connectivity index (χ2v) is 7.42. The molecular formula is C22H25N5O. The van der Waals surface area contributed by atoms with Gasteiger partial charge in [0.2, 0.25) is 0 Å². The molecule has 0 aliphatic carbocycles. The summed E-state index contributed by atoms with van der Waals surface area (Å²) in [5.74, 6) is -0.111. The predicted molar refractivity (Wildman–Crippen MR) is 113 cm³/mol. The number of nitrogens with one attached hydrogen (secondary N) is 2. The van der Waals surface area contributed by atoms with Crippen LogP contribution in [0.1, 0.15) is 16.8 Å². The van der Waals surface area contributed by atoms with Crippen LogP contribution in [0, 0.1) is 0 Å². The van der Waals surface area contributed by atoms with Crippen molar-refractivity contribution in [2.45, 2.75) is 12.5 Å². The van der Waals surface area contributed by atoms with E-state index in [1.54, 1.807) is 6.20 Å². The fraction of sp³-hybridized carbons (Fsp3) is 0.273. The van der Waals surface area contributed by atoms with E-state index in [9.17, 15) is 4.79 Å². The van der Waals surface area contributed by atoms with Crippen LogP contribution < -0.4 is 10.2 Å². The van der Waals surface area contributed by atoms with Crippen molar-refractivity contribution in [2.24, 2.45) is 0 Å². The van der Waals surface area contributed by atoms with E-state index < -0.39 is 0 Å². The van der Waals surface area contributed by atoms with Crippen molar-refractivity contribution in [2.75, 3.05) is 37.4 Å². The van der Waals surface area contributed by atoms with Gasteiger partial charge in [0.1, 0.15) is 0 Å². The van der Waals surface area contributed by atoms with Crippen LogP contribution >= 0.6 is 0 Å². The molecule has 4 rings (SSSR count). The van der Waals surface area contributed by atoms with Gasteiger partial charge in [0.25, 0.3) is 5.91 Å². The lowest BCUT2D eigenvalue weighted by atomic mass is 10.1. The summed E-state index contributed by atoms with van der Waals surface area (Å²) in [7, 11) is 4.27. The maximum Gasteiger partial charge on any atom is 0.255 e. The highest BCUT2D eigenvalue weighted by molar-refractivity contribution is 6.04. The van der Waals surface area contributed by atoms with Gasteiger partial charge < -0.3 is 15.1 Å². The summed E-state index contributed by atoms with van der Waals surface area (Å²) in [4.78, 5) is 17.2. The number of anilines is 2. The van der Waals surface area contributed by atoms with Crippen LogP contribution in [0.3, 0.4) is 0 Å². The van der Waals surface area contributed by atoms with Crippen LogP contribution in [0.5, 0.6) is 0 Å². The first-order valence-electron chi connectivity index (χ1n) is 9.52. The van der Waals surface area contributed by atoms with E-state index in [0.29, 0.717) is 11.6 Å². The van der Waals surface area contributed by atoms with Gasteiger partial charge in [0.15, 0.2) is 0 Å². The molecule has 0 spiro atoms. The van der Waals surface area contributed by atoms with Crippen molar-refractivity contribution in [3.63, 3.8) is 0 Å². The molecule has 0 saturated carbocycles. The highest BCUT2D eigenvalue weighted by atomic mass is 16.1. The van der Waals surface area contributed by atoms with Crippen molar-refractivity contribution < 1.29 is 4.79 Å². The zero-order valence-electron chi connectivity index (χ0n) is 16.2. The molecule has 3 aromatic rings. The standard InChI is InChI=1S/C22H25N5O/c1-26(2)21-11-12-27(15-21)20-9-7-19(8-10-20)25-22(28)17-5-3-16(4-6-17)18-13-23-24-14-18/h3-10,13-14,21H,11-12,15H2,1-2H3,(H,23,24)(H,25,28). The van der Waals surface area contributed by atoms with Gasteiger partial charge in [-0.3, -0.25) is 9.89 Å². The molecule has 2 heterocycles. The fourth-order valence-electron chi connectivity index (χ4n) is 3.58. The average molecular weight is 375 g/mol. The Hall–Kier alpha value is -3.12. The Bertz CT molecular complexity index is 917. The molecule has 1 atom stereocenters. The molecule has 6 heteroatoms. The van der Waals surface area contributed by atoms with Crippen LogP contribution in [0.25, 0.3) is 11.1 Å². The summed E-state index contributed by atoms with van der Waals surface area (Å²) in [6.45, 7) is 2.11. The van der Waals surface area contributed by atoms with Gasteiger partial charge >= 0.3 is 0 Å². The van der Waals surface area contributed by atoms with Crippen LogP contribution in [-0.4, -0.2) is 54.2 Å². The van der Waals surface area contributed by atoms with Crippen molar-refractivity contribution in [1.29, 1.82) is 0 Å². The maximum absolute atomic E-state index is 12.5. The van der Waals surface area contributed by atoms with Gasteiger partial charge in [0, 0.05) is 47.8 Å². The number of carbonyl (C=O) groups excluding carboxylic acids is 1. The highest BCUT2D eigenvalue weighted by Gasteiger charge is 2.23. The van der Waals surface area contributed by atoms with Crippen molar-refractivity contribution >= 4 is 17.3 Å². The average Bonchev–Trinajstić information content (AvgIpc) is 3.41. The SMILES string of the molecule is CN(C)C1CCN(c2ccc(NC(=O)c3ccc(-c4cn[nH]c4)cc3)cc2)C1. The minimum atomic E-state index is -0.111. The third-order valence-corrected chi connectivity index (χ3v) is 5.36. The fourth-order valence-corrected chi connectivity index (χ4v) is 3.58. The van der Waals surface area contributed by atoms with E-state index in [-0.39, 0.29) is 5.91 Å². The number of benzene rings is 2. The molecule has 1 aliphatic heterocycles. The molecule has 1 saturated heterocycles. The number of H-pyrrole nitrogens is 1. The van der Waals surface area contributed by atoms with Crippen LogP contribution in [0.15, 0.2) is 60.9 Å². The molecule has 2 N–H and O–H groups in total. The van der Waals surface area contributed by atoms with Crippen molar-refractivity contribution in [3.8, 4) is 11.1 Å². The Morgan fingerprint density at radius 2 is 1.86 bits per heavy atom. The van der Waals surface area contributed by atoms with Gasteiger partial charge in [-0.05, 0) is 62.5 Å². The normalized spacial score (nSPS) is 16.5. The van der Waals surface area contributed by atoms with Gasteiger partial charge in [0.05, 0.1) is 6.20 Å². The van der Waals surface area contributed by atoms with E-state index in [4.69, 9.17) is 0 Å². The van der Waals surface area contributed by atoms with Crippen molar-refractivity contribution in [3.05, 3.63) is 66.5 Å². The number of hydrogen-bond acceptors (Lipinski definition) is 4. The number of hydrogen-bond donors (Lipinski definition) is 2. The molecule has 1 unspecified atom stereocenters. The first-order chi connectivity index (χ1) is 13.6. The second-order valence-electron chi connectivity index (χ2n) is 7.42. The molecule has 0 bridgehead atoms. The molecule has 6 nitrogen and oxygen atoms in total. The smallest absolute Gasteiger partial charge is 0.255 e. The quantitative estimate of drug-likeness (QED) is 0.717. The topological polar surface area (TPSA) is 64.3 Å². The number of likely N-dealkylation sites (N-methyl/N-ethyl adjacent to an activating group) is 1. The van der Waals surface area contributed by atoms with Gasteiger partial charge in [-0.2, -0.15) is 5.10 Å². The Kier molecular flexibility index (Phi) is 5.12. The molecule has 2 aromatic carbocycles. The number of amides is 1. The van der Waals surface area contributed by atoms with E-state index in [2.05, 4.69) is 51.5 Å². The molecule has 144 valence electrons. The molecule has 0 radical (unpaired) electrons. The summed E-state index contributed by atoms with van der Waals surface area (Å²) >= 11 is 0. The van der Waals surface area contributed by atoms with E-state index >= 15 is 0 Å². The Morgan fingerprint density at radius 1 is 1.11 bits per heavy atom. The minimum absolute atomic E-state index is 0.111. The molecular weight excluding hydrogens is 350 g/mol. The van der Waals surface area contributed by atoms with Crippen LogP contribution in [0.4, 0.5) is 11.4 Å². The zero-order chi connectivity index (χ0) is 19.5. The Morgan fingerprint density at radius 3 is 2.46 bits per heavy atom. The van der Waals surface area contributed by atoms with E-state index in [1.165, 1.54) is 12.1 Å². The third kappa shape index (κ3) is 3.92. The lowest BCUT2D eigenvalue weighted by molar-refractivity contribution is 0.102. The Balaban J connectivity index is 1.38. The first-order valence-corrected chi connectivity index (χ1v) is 9.52. The second kappa shape index (κ2) is 7.86. The summed E-state index contributed by atoms with van der Waals surface area (Å²) in [5.41, 5.74) is 4.66. The molecule has 1 fully saturated rings. The summed E-state index contributed by atoms with van der Waals surface area (Å²) < 4.78 is 0. The minimum Gasteiger partial charge on any atom is -0.370 e. The maximum atomic E-state index is 12.5. The van der Waals surface area contributed by atoms with Gasteiger partial charge in [-0.1, -0.05) is 12.1 Å². The summed E-state index contributed by atoms with van der Waals surface area (Å²) in [6.07, 6.45) is 4.77. The number of nitrogens with zero attached hydrogens (tertiary/aromatic N) is 3. The highest BCUT2D eigenvalue weighted by Crippen LogP contribution is 2.24. The number of aromatic nitrogens is 2. The van der Waals surface area contributed by atoms with E-state index in [0.717, 1.165) is 29.9 Å². The van der Waals surface area contributed by atoms with Crippen LogP contribution in [-0.2, 0) is 0 Å². The largest absolute Gasteiger partial charge is 0.370 e. The monoisotopic (exact) mass is 375 g/mol. The first kappa shape index (κ1) is 18.3. The van der Waals surface area contributed by atoms with Crippen molar-refractivity contribution in [1.82, 2.24) is 15.1 Å². The summed E-state index contributed by atoms with van der Waals surface area (Å²) in [6, 6.07) is 16.2. The molecule has 1 aliphatic rings. The van der Waals surface area contributed by atoms with E-state index in [1.807, 2.05) is 42.6 Å². The molecule has 1 amide bonds. The lowest BCUT2D eigenvalue weighted by Crippen LogP contribution is -2.31. The van der Waals surface area contributed by atoms with Crippen LogP contribution in [0.2, 0.25) is 0 Å².